The molecule has 1 aromatic carbocycles. The number of nitrogens with zero attached hydrogens (tertiary/aromatic N) is 2. The molecule has 1 aliphatic rings. The Morgan fingerprint density at radius 3 is 2.62 bits per heavy atom. The first-order chi connectivity index (χ1) is 10.0. The van der Waals surface area contributed by atoms with Gasteiger partial charge in [-0.05, 0) is 51.6 Å². The van der Waals surface area contributed by atoms with Gasteiger partial charge in [0.25, 0.3) is 0 Å². The summed E-state index contributed by atoms with van der Waals surface area (Å²) >= 11 is 11.9. The van der Waals surface area contributed by atoms with Gasteiger partial charge in [-0.25, -0.2) is 0 Å². The molecule has 2 rings (SSSR count). The number of alkyl halides is 1. The van der Waals surface area contributed by atoms with E-state index < -0.39 is 0 Å². The van der Waals surface area contributed by atoms with E-state index in [0.29, 0.717) is 23.4 Å². The highest BCUT2D eigenvalue weighted by Gasteiger charge is 2.36. The quantitative estimate of drug-likeness (QED) is 0.768. The molecule has 1 amide bonds. The highest BCUT2D eigenvalue weighted by molar-refractivity contribution is 6.31. The number of hydrogen-bond donors (Lipinski definition) is 0. The van der Waals surface area contributed by atoms with Crippen LogP contribution in [0.25, 0.3) is 0 Å². The molecule has 0 bridgehead atoms. The third-order valence-corrected chi connectivity index (χ3v) is 4.53. The fourth-order valence-electron chi connectivity index (χ4n) is 3.17. The van der Waals surface area contributed by atoms with Crippen molar-refractivity contribution < 1.29 is 4.79 Å². The summed E-state index contributed by atoms with van der Waals surface area (Å²) in [5.41, 5.74) is 0.872. The van der Waals surface area contributed by atoms with Crippen molar-refractivity contribution in [2.75, 3.05) is 24.9 Å². The lowest BCUT2D eigenvalue weighted by atomic mass is 10.1. The van der Waals surface area contributed by atoms with Gasteiger partial charge in [0.2, 0.25) is 5.91 Å². The molecule has 0 radical (unpaired) electrons. The van der Waals surface area contributed by atoms with Crippen LogP contribution in [0, 0.1) is 0 Å². The molecular weight excluding hydrogens is 307 g/mol. The van der Waals surface area contributed by atoms with Gasteiger partial charge in [0, 0.05) is 29.1 Å². The SMILES string of the molecule is CN(C)C1CCCC1N(C(=O)CCCl)c1cccc(Cl)c1. The monoisotopic (exact) mass is 328 g/mol. The first-order valence-electron chi connectivity index (χ1n) is 7.34. The first kappa shape index (κ1) is 16.6. The summed E-state index contributed by atoms with van der Waals surface area (Å²) in [6.45, 7) is 0. The van der Waals surface area contributed by atoms with Gasteiger partial charge in [-0.15, -0.1) is 11.6 Å². The molecule has 1 saturated carbocycles. The fraction of sp³-hybridized carbons (Fsp3) is 0.562. The summed E-state index contributed by atoms with van der Waals surface area (Å²) in [5.74, 6) is 0.418. The molecule has 116 valence electrons. The summed E-state index contributed by atoms with van der Waals surface area (Å²) in [6.07, 6.45) is 3.62. The summed E-state index contributed by atoms with van der Waals surface area (Å²) in [7, 11) is 4.15. The van der Waals surface area contributed by atoms with Crippen LogP contribution >= 0.6 is 23.2 Å². The van der Waals surface area contributed by atoms with Crippen LogP contribution in [0.1, 0.15) is 25.7 Å². The maximum Gasteiger partial charge on any atom is 0.228 e. The molecule has 0 spiro atoms. The van der Waals surface area contributed by atoms with Crippen molar-refractivity contribution in [2.24, 2.45) is 0 Å². The molecule has 0 saturated heterocycles. The van der Waals surface area contributed by atoms with Gasteiger partial charge in [0.05, 0.1) is 6.04 Å². The second-order valence-corrected chi connectivity index (χ2v) is 6.53. The molecule has 1 aromatic rings. The zero-order valence-electron chi connectivity index (χ0n) is 12.6. The van der Waals surface area contributed by atoms with E-state index in [-0.39, 0.29) is 11.9 Å². The van der Waals surface area contributed by atoms with Crippen molar-refractivity contribution in [2.45, 2.75) is 37.8 Å². The van der Waals surface area contributed by atoms with Gasteiger partial charge in [-0.3, -0.25) is 4.79 Å². The lowest BCUT2D eigenvalue weighted by Gasteiger charge is -2.36. The van der Waals surface area contributed by atoms with Crippen LogP contribution in [0.3, 0.4) is 0 Å². The average molecular weight is 329 g/mol. The number of carbonyl (C=O) groups excluding carboxylic acids is 1. The normalized spacial score (nSPS) is 21.8. The van der Waals surface area contributed by atoms with Gasteiger partial charge in [-0.1, -0.05) is 17.7 Å². The van der Waals surface area contributed by atoms with Crippen molar-refractivity contribution in [3.05, 3.63) is 29.3 Å². The predicted molar refractivity (Wildman–Crippen MR) is 89.4 cm³/mol. The van der Waals surface area contributed by atoms with Crippen molar-refractivity contribution in [3.63, 3.8) is 0 Å². The van der Waals surface area contributed by atoms with Crippen molar-refractivity contribution in [1.82, 2.24) is 4.90 Å². The van der Waals surface area contributed by atoms with Crippen molar-refractivity contribution in [1.29, 1.82) is 0 Å². The van der Waals surface area contributed by atoms with E-state index in [1.165, 1.54) is 0 Å². The molecule has 0 heterocycles. The standard InChI is InChI=1S/C16H22Cl2N2O/c1-19(2)14-7-4-8-15(14)20(16(21)9-10-17)13-6-3-5-12(18)11-13/h3,5-6,11,14-15H,4,7-10H2,1-2H3. The molecular formula is C16H22Cl2N2O. The number of amides is 1. The van der Waals surface area contributed by atoms with Crippen LogP contribution in [0.2, 0.25) is 5.02 Å². The van der Waals surface area contributed by atoms with Gasteiger partial charge < -0.3 is 9.80 Å². The van der Waals surface area contributed by atoms with E-state index in [1.54, 1.807) is 0 Å². The second-order valence-electron chi connectivity index (χ2n) is 5.71. The van der Waals surface area contributed by atoms with Crippen LogP contribution < -0.4 is 4.90 Å². The molecule has 1 fully saturated rings. The molecule has 0 aliphatic heterocycles. The van der Waals surface area contributed by atoms with E-state index in [4.69, 9.17) is 23.2 Å². The molecule has 21 heavy (non-hydrogen) atoms. The summed E-state index contributed by atoms with van der Waals surface area (Å²) < 4.78 is 0. The van der Waals surface area contributed by atoms with Gasteiger partial charge in [-0.2, -0.15) is 0 Å². The summed E-state index contributed by atoms with van der Waals surface area (Å²) in [4.78, 5) is 16.7. The van der Waals surface area contributed by atoms with Crippen LogP contribution in [-0.4, -0.2) is 42.9 Å². The maximum absolute atomic E-state index is 12.6. The minimum Gasteiger partial charge on any atom is -0.308 e. The smallest absolute Gasteiger partial charge is 0.228 e. The molecule has 0 N–H and O–H groups in total. The van der Waals surface area contributed by atoms with Gasteiger partial charge in [0.1, 0.15) is 0 Å². The third kappa shape index (κ3) is 3.91. The topological polar surface area (TPSA) is 23.6 Å². The Bertz CT molecular complexity index is 493. The number of rotatable bonds is 5. The van der Waals surface area contributed by atoms with E-state index in [0.717, 1.165) is 24.9 Å². The lowest BCUT2D eigenvalue weighted by Crippen LogP contribution is -2.49. The number of likely N-dealkylation sites (N-methyl/N-ethyl adjacent to an activating group) is 1. The van der Waals surface area contributed by atoms with Gasteiger partial charge in [0.15, 0.2) is 0 Å². The molecule has 1 aliphatic carbocycles. The fourth-order valence-corrected chi connectivity index (χ4v) is 3.52. The van der Waals surface area contributed by atoms with E-state index in [9.17, 15) is 4.79 Å². The highest BCUT2D eigenvalue weighted by atomic mass is 35.5. The van der Waals surface area contributed by atoms with Crippen LogP contribution in [-0.2, 0) is 4.79 Å². The number of anilines is 1. The number of hydrogen-bond acceptors (Lipinski definition) is 2. The minimum absolute atomic E-state index is 0.0750. The Morgan fingerprint density at radius 1 is 1.29 bits per heavy atom. The third-order valence-electron chi connectivity index (χ3n) is 4.10. The number of carbonyl (C=O) groups is 1. The summed E-state index contributed by atoms with van der Waals surface area (Å²) in [6, 6.07) is 8.09. The van der Waals surface area contributed by atoms with Gasteiger partial charge >= 0.3 is 0 Å². The van der Waals surface area contributed by atoms with E-state index in [2.05, 4.69) is 19.0 Å². The number of benzene rings is 1. The van der Waals surface area contributed by atoms with E-state index in [1.807, 2.05) is 29.2 Å². The second kappa shape index (κ2) is 7.48. The Balaban J connectivity index is 2.34. The first-order valence-corrected chi connectivity index (χ1v) is 8.26. The molecule has 2 unspecified atom stereocenters. The maximum atomic E-state index is 12.6. The molecule has 2 atom stereocenters. The Hall–Kier alpha value is -0.770. The van der Waals surface area contributed by atoms with Crippen LogP contribution in [0.4, 0.5) is 5.69 Å². The minimum atomic E-state index is 0.0750. The van der Waals surface area contributed by atoms with Crippen LogP contribution in [0.5, 0.6) is 0 Å². The van der Waals surface area contributed by atoms with Crippen LogP contribution in [0.15, 0.2) is 24.3 Å². The Kier molecular flexibility index (Phi) is 5.91. The Morgan fingerprint density at radius 2 is 2.00 bits per heavy atom. The highest BCUT2D eigenvalue weighted by Crippen LogP contribution is 2.32. The zero-order valence-corrected chi connectivity index (χ0v) is 14.1. The zero-order chi connectivity index (χ0) is 15.4. The van der Waals surface area contributed by atoms with Crippen molar-refractivity contribution in [3.8, 4) is 0 Å². The molecule has 0 aromatic heterocycles. The molecule has 5 heteroatoms. The van der Waals surface area contributed by atoms with E-state index >= 15 is 0 Å². The summed E-state index contributed by atoms with van der Waals surface area (Å²) in [5, 5.41) is 0.649. The lowest BCUT2D eigenvalue weighted by molar-refractivity contribution is -0.118. The number of halogens is 2. The Labute approximate surface area is 136 Å². The average Bonchev–Trinajstić information content (AvgIpc) is 2.88. The van der Waals surface area contributed by atoms with Crippen molar-refractivity contribution >= 4 is 34.8 Å². The molecule has 3 nitrogen and oxygen atoms in total. The predicted octanol–water partition coefficient (Wildman–Crippen LogP) is 3.78. The largest absolute Gasteiger partial charge is 0.308 e.